The van der Waals surface area contributed by atoms with Crippen molar-refractivity contribution in [1.82, 2.24) is 5.32 Å². The number of amides is 1. The summed E-state index contributed by atoms with van der Waals surface area (Å²) in [6, 6.07) is 14.3. The minimum atomic E-state index is -0.456. The van der Waals surface area contributed by atoms with Crippen LogP contribution in [0.3, 0.4) is 0 Å². The van der Waals surface area contributed by atoms with Crippen molar-refractivity contribution in [3.63, 3.8) is 0 Å². The van der Waals surface area contributed by atoms with Gasteiger partial charge in [-0.2, -0.15) is 0 Å². The number of benzene rings is 2. The lowest BCUT2D eigenvalue weighted by molar-refractivity contribution is -0.384. The van der Waals surface area contributed by atoms with Crippen LogP contribution < -0.4 is 5.32 Å². The number of nitrogens with one attached hydrogen (secondary N) is 1. The molecule has 0 heterocycles. The van der Waals surface area contributed by atoms with E-state index in [2.05, 4.69) is 31.3 Å². The third-order valence-electron chi connectivity index (χ3n) is 3.99. The molecule has 0 unspecified atom stereocenters. The fourth-order valence-electron chi connectivity index (χ4n) is 2.67. The fourth-order valence-corrected chi connectivity index (χ4v) is 2.67. The summed E-state index contributed by atoms with van der Waals surface area (Å²) in [5.74, 6) is 0.368. The van der Waals surface area contributed by atoms with E-state index in [1.807, 2.05) is 19.1 Å². The Morgan fingerprint density at radius 3 is 2.46 bits per heavy atom. The van der Waals surface area contributed by atoms with Crippen LogP contribution in [0.2, 0.25) is 0 Å². The lowest BCUT2D eigenvalue weighted by Crippen LogP contribution is -2.24. The predicted molar refractivity (Wildman–Crippen MR) is 104 cm³/mol. The van der Waals surface area contributed by atoms with Crippen LogP contribution in [0.5, 0.6) is 0 Å². The number of hydrogen-bond acceptors (Lipinski definition) is 3. The monoisotopic (exact) mass is 352 g/mol. The molecule has 0 saturated heterocycles. The first-order chi connectivity index (χ1) is 12.3. The average molecular weight is 352 g/mol. The lowest BCUT2D eigenvalue weighted by atomic mass is 10.00. The van der Waals surface area contributed by atoms with E-state index in [0.29, 0.717) is 11.5 Å². The van der Waals surface area contributed by atoms with Gasteiger partial charge in [-0.1, -0.05) is 50.2 Å². The Morgan fingerprint density at radius 1 is 1.15 bits per heavy atom. The molecule has 0 bridgehead atoms. The van der Waals surface area contributed by atoms with Gasteiger partial charge in [-0.25, -0.2) is 0 Å². The van der Waals surface area contributed by atoms with Crippen molar-refractivity contribution in [1.29, 1.82) is 0 Å². The molecule has 5 heteroatoms. The van der Waals surface area contributed by atoms with Crippen LogP contribution in [0.25, 0.3) is 6.08 Å². The smallest absolute Gasteiger partial charge is 0.270 e. The predicted octanol–water partition coefficient (Wildman–Crippen LogP) is 4.68. The highest BCUT2D eigenvalue weighted by Gasteiger charge is 2.08. The van der Waals surface area contributed by atoms with Crippen molar-refractivity contribution in [2.75, 3.05) is 0 Å². The molecule has 0 fully saturated rings. The van der Waals surface area contributed by atoms with Crippen molar-refractivity contribution in [3.05, 3.63) is 81.4 Å². The summed E-state index contributed by atoms with van der Waals surface area (Å²) < 4.78 is 0. The number of carbonyl (C=O) groups is 1. The van der Waals surface area contributed by atoms with Crippen LogP contribution in [0.1, 0.15) is 43.5 Å². The second-order valence-corrected chi connectivity index (χ2v) is 6.76. The van der Waals surface area contributed by atoms with Crippen molar-refractivity contribution < 1.29 is 9.72 Å². The van der Waals surface area contributed by atoms with Crippen molar-refractivity contribution >= 4 is 17.7 Å². The Hall–Kier alpha value is -2.95. The Labute approximate surface area is 153 Å². The maximum Gasteiger partial charge on any atom is 0.270 e. The lowest BCUT2D eigenvalue weighted by Gasteiger charge is -2.14. The fraction of sp³-hybridized carbons (Fsp3) is 0.286. The van der Waals surface area contributed by atoms with Crippen molar-refractivity contribution in [2.24, 2.45) is 5.92 Å². The minimum absolute atomic E-state index is 0.00223. The van der Waals surface area contributed by atoms with Crippen LogP contribution in [-0.4, -0.2) is 10.8 Å². The van der Waals surface area contributed by atoms with E-state index in [1.165, 1.54) is 23.8 Å². The average Bonchev–Trinajstić information content (AvgIpc) is 2.60. The molecular weight excluding hydrogens is 328 g/mol. The normalized spacial score (nSPS) is 12.3. The number of rotatable bonds is 7. The molecule has 1 atom stereocenters. The number of nitro groups is 1. The van der Waals surface area contributed by atoms with E-state index in [4.69, 9.17) is 0 Å². The Morgan fingerprint density at radius 2 is 1.85 bits per heavy atom. The molecule has 0 aliphatic carbocycles. The summed E-state index contributed by atoms with van der Waals surface area (Å²) in [6.07, 6.45) is 4.00. The second kappa shape index (κ2) is 8.94. The summed E-state index contributed by atoms with van der Waals surface area (Å²) in [7, 11) is 0. The molecule has 0 aliphatic rings. The third kappa shape index (κ3) is 5.84. The number of hydrogen-bond donors (Lipinski definition) is 1. The van der Waals surface area contributed by atoms with Crippen LogP contribution in [0, 0.1) is 16.0 Å². The van der Waals surface area contributed by atoms with Crippen LogP contribution in [-0.2, 0) is 11.2 Å². The largest absolute Gasteiger partial charge is 0.346 e. The SMILES string of the molecule is CC(C)Cc1ccc([C@H](C)NC(=O)/C=C/c2cccc([N+](=O)[O-])c2)cc1. The minimum Gasteiger partial charge on any atom is -0.346 e. The molecule has 26 heavy (non-hydrogen) atoms. The molecule has 2 aromatic rings. The van der Waals surface area contributed by atoms with Crippen molar-refractivity contribution in [2.45, 2.75) is 33.2 Å². The zero-order valence-corrected chi connectivity index (χ0v) is 15.3. The molecule has 1 N–H and O–H groups in total. The zero-order valence-electron chi connectivity index (χ0n) is 15.3. The Kier molecular flexibility index (Phi) is 6.67. The van der Waals surface area contributed by atoms with Gasteiger partial charge < -0.3 is 5.32 Å². The molecule has 0 saturated carbocycles. The van der Waals surface area contributed by atoms with Crippen LogP contribution in [0.4, 0.5) is 5.69 Å². The van der Waals surface area contributed by atoms with Gasteiger partial charge in [-0.05, 0) is 42.0 Å². The summed E-state index contributed by atoms with van der Waals surface area (Å²) >= 11 is 0. The molecule has 2 rings (SSSR count). The molecule has 1 amide bonds. The molecule has 0 aliphatic heterocycles. The molecule has 0 spiro atoms. The Balaban J connectivity index is 1.96. The van der Waals surface area contributed by atoms with Crippen LogP contribution in [0.15, 0.2) is 54.6 Å². The van der Waals surface area contributed by atoms with Gasteiger partial charge in [0.05, 0.1) is 11.0 Å². The van der Waals surface area contributed by atoms with E-state index in [9.17, 15) is 14.9 Å². The maximum atomic E-state index is 12.1. The molecule has 136 valence electrons. The number of non-ortho nitro benzene ring substituents is 1. The first-order valence-electron chi connectivity index (χ1n) is 8.67. The van der Waals surface area contributed by atoms with E-state index in [1.54, 1.807) is 18.2 Å². The first kappa shape index (κ1) is 19.4. The number of carbonyl (C=O) groups excluding carboxylic acids is 1. The topological polar surface area (TPSA) is 72.2 Å². The van der Waals surface area contributed by atoms with Gasteiger partial charge in [0.15, 0.2) is 0 Å². The van der Waals surface area contributed by atoms with E-state index in [0.717, 1.165) is 12.0 Å². The Bertz CT molecular complexity index is 795. The zero-order chi connectivity index (χ0) is 19.1. The highest BCUT2D eigenvalue weighted by Crippen LogP contribution is 2.16. The summed E-state index contributed by atoms with van der Waals surface area (Å²) in [5, 5.41) is 13.7. The summed E-state index contributed by atoms with van der Waals surface area (Å²) in [4.78, 5) is 22.4. The number of nitrogens with zero attached hydrogens (tertiary/aromatic N) is 1. The summed E-state index contributed by atoms with van der Waals surface area (Å²) in [6.45, 7) is 6.30. The van der Waals surface area contributed by atoms with Gasteiger partial charge in [0.25, 0.3) is 5.69 Å². The molecule has 0 aromatic heterocycles. The molecule has 5 nitrogen and oxygen atoms in total. The quantitative estimate of drug-likeness (QED) is 0.446. The van der Waals surface area contributed by atoms with Gasteiger partial charge in [-0.3, -0.25) is 14.9 Å². The summed E-state index contributed by atoms with van der Waals surface area (Å²) in [5.41, 5.74) is 2.94. The second-order valence-electron chi connectivity index (χ2n) is 6.76. The van der Waals surface area contributed by atoms with E-state index < -0.39 is 4.92 Å². The van der Waals surface area contributed by atoms with E-state index in [-0.39, 0.29) is 17.6 Å². The van der Waals surface area contributed by atoms with Gasteiger partial charge >= 0.3 is 0 Å². The standard InChI is InChI=1S/C21H24N2O3/c1-15(2)13-18-7-10-19(11-8-18)16(3)22-21(24)12-9-17-5-4-6-20(14-17)23(25)26/h4-12,14-16H,13H2,1-3H3,(H,22,24)/b12-9+/t16-/m0/s1. The molecular formula is C21H24N2O3. The number of nitro benzene ring substituents is 1. The maximum absolute atomic E-state index is 12.1. The molecule has 0 radical (unpaired) electrons. The van der Waals surface area contributed by atoms with Gasteiger partial charge in [-0.15, -0.1) is 0 Å². The van der Waals surface area contributed by atoms with Crippen molar-refractivity contribution in [3.8, 4) is 0 Å². The van der Waals surface area contributed by atoms with Gasteiger partial charge in [0.1, 0.15) is 0 Å². The first-order valence-corrected chi connectivity index (χ1v) is 8.67. The third-order valence-corrected chi connectivity index (χ3v) is 3.99. The van der Waals surface area contributed by atoms with E-state index >= 15 is 0 Å². The molecule has 2 aromatic carbocycles. The van der Waals surface area contributed by atoms with Crippen LogP contribution >= 0.6 is 0 Å². The highest BCUT2D eigenvalue weighted by molar-refractivity contribution is 5.92. The van der Waals surface area contributed by atoms with Gasteiger partial charge in [0, 0.05) is 18.2 Å². The van der Waals surface area contributed by atoms with Gasteiger partial charge in [0.2, 0.25) is 5.91 Å². The highest BCUT2D eigenvalue weighted by atomic mass is 16.6.